The largest absolute Gasteiger partial charge is 0.355 e. The van der Waals surface area contributed by atoms with Crippen LogP contribution in [0.3, 0.4) is 0 Å². The van der Waals surface area contributed by atoms with Crippen molar-refractivity contribution in [1.82, 2.24) is 4.98 Å². The fourth-order valence-corrected chi connectivity index (χ4v) is 3.08. The summed E-state index contributed by atoms with van der Waals surface area (Å²) in [6.07, 6.45) is 1.23. The van der Waals surface area contributed by atoms with Crippen LogP contribution in [0, 0.1) is 5.92 Å². The number of hydrogen-bond acceptors (Lipinski definition) is 2. The summed E-state index contributed by atoms with van der Waals surface area (Å²) in [4.78, 5) is 7.71. The van der Waals surface area contributed by atoms with E-state index in [9.17, 15) is 0 Å². The highest BCUT2D eigenvalue weighted by molar-refractivity contribution is 9.09. The zero-order chi connectivity index (χ0) is 12.5. The van der Waals surface area contributed by atoms with Crippen LogP contribution >= 0.6 is 15.9 Å². The average molecular weight is 305 g/mol. The van der Waals surface area contributed by atoms with Crippen LogP contribution in [0.5, 0.6) is 0 Å². The Hall–Kier alpha value is -1.09. The van der Waals surface area contributed by atoms with Gasteiger partial charge >= 0.3 is 0 Å². The van der Waals surface area contributed by atoms with Gasteiger partial charge in [-0.3, -0.25) is 0 Å². The van der Waals surface area contributed by atoms with E-state index in [0.29, 0.717) is 4.83 Å². The summed E-state index contributed by atoms with van der Waals surface area (Å²) in [5.74, 6) is 1.85. The zero-order valence-electron chi connectivity index (χ0n) is 10.5. The maximum Gasteiger partial charge on any atom is 0.129 e. The molecule has 1 aromatic carbocycles. The summed E-state index contributed by atoms with van der Waals surface area (Å²) >= 11 is 3.77. The minimum atomic E-state index is 0.569. The van der Waals surface area contributed by atoms with E-state index >= 15 is 0 Å². The molecule has 0 saturated carbocycles. The molecule has 3 rings (SSSR count). The first-order valence-electron chi connectivity index (χ1n) is 6.49. The lowest BCUT2D eigenvalue weighted by Crippen LogP contribution is -2.40. The third-order valence-corrected chi connectivity index (χ3v) is 4.97. The van der Waals surface area contributed by atoms with E-state index in [0.717, 1.165) is 30.3 Å². The molecule has 0 spiro atoms. The molecule has 1 aromatic heterocycles. The van der Waals surface area contributed by atoms with Gasteiger partial charge in [-0.25, -0.2) is 4.98 Å². The van der Waals surface area contributed by atoms with E-state index < -0.39 is 0 Å². The van der Waals surface area contributed by atoms with Crippen LogP contribution in [0.1, 0.15) is 13.3 Å². The maximum atomic E-state index is 4.76. The molecule has 94 valence electrons. The third-order valence-electron chi connectivity index (χ3n) is 3.77. The van der Waals surface area contributed by atoms with E-state index in [1.165, 1.54) is 11.8 Å². The van der Waals surface area contributed by atoms with Gasteiger partial charge in [-0.2, -0.15) is 0 Å². The molecule has 0 N–H and O–H groups in total. The van der Waals surface area contributed by atoms with Crippen LogP contribution in [-0.4, -0.2) is 22.9 Å². The summed E-state index contributed by atoms with van der Waals surface area (Å²) in [6.45, 7) is 4.46. The van der Waals surface area contributed by atoms with Gasteiger partial charge in [0.2, 0.25) is 0 Å². The van der Waals surface area contributed by atoms with Crippen molar-refractivity contribution in [3.8, 4) is 0 Å². The van der Waals surface area contributed by atoms with Crippen LogP contribution in [0.4, 0.5) is 5.82 Å². The van der Waals surface area contributed by atoms with Crippen molar-refractivity contribution in [2.45, 2.75) is 18.2 Å². The normalized spacial score (nSPS) is 24.4. The van der Waals surface area contributed by atoms with Gasteiger partial charge in [0.15, 0.2) is 0 Å². The highest BCUT2D eigenvalue weighted by Crippen LogP contribution is 2.27. The van der Waals surface area contributed by atoms with Crippen LogP contribution in [0.15, 0.2) is 36.4 Å². The fourth-order valence-electron chi connectivity index (χ4n) is 2.46. The van der Waals surface area contributed by atoms with Crippen molar-refractivity contribution in [2.75, 3.05) is 18.0 Å². The number of fused-ring (bicyclic) bond motifs is 1. The Morgan fingerprint density at radius 2 is 2.06 bits per heavy atom. The lowest BCUT2D eigenvalue weighted by Gasteiger charge is -2.35. The molecule has 1 aliphatic rings. The van der Waals surface area contributed by atoms with Gasteiger partial charge in [-0.15, -0.1) is 0 Å². The fraction of sp³-hybridized carbons (Fsp3) is 0.400. The number of rotatable bonds is 1. The monoisotopic (exact) mass is 304 g/mol. The van der Waals surface area contributed by atoms with Gasteiger partial charge in [0, 0.05) is 23.3 Å². The number of halogens is 1. The van der Waals surface area contributed by atoms with Gasteiger partial charge in [0.05, 0.1) is 5.52 Å². The van der Waals surface area contributed by atoms with Crippen molar-refractivity contribution in [1.29, 1.82) is 0 Å². The molecule has 3 heteroatoms. The van der Waals surface area contributed by atoms with Crippen molar-refractivity contribution in [2.24, 2.45) is 5.92 Å². The Labute approximate surface area is 116 Å². The molecule has 2 heterocycles. The van der Waals surface area contributed by atoms with Crippen LogP contribution in [0.25, 0.3) is 10.9 Å². The smallest absolute Gasteiger partial charge is 0.129 e. The maximum absolute atomic E-state index is 4.76. The Morgan fingerprint density at radius 1 is 1.22 bits per heavy atom. The first-order chi connectivity index (χ1) is 8.74. The highest BCUT2D eigenvalue weighted by Gasteiger charge is 2.24. The predicted molar refractivity (Wildman–Crippen MR) is 80.5 cm³/mol. The molecule has 2 atom stereocenters. The molecule has 1 fully saturated rings. The third kappa shape index (κ3) is 2.24. The molecule has 0 amide bonds. The molecule has 0 radical (unpaired) electrons. The van der Waals surface area contributed by atoms with Crippen molar-refractivity contribution in [3.63, 3.8) is 0 Å². The van der Waals surface area contributed by atoms with E-state index in [1.807, 2.05) is 6.07 Å². The number of alkyl halides is 1. The number of nitrogens with zero attached hydrogens (tertiary/aromatic N) is 2. The van der Waals surface area contributed by atoms with Crippen molar-refractivity contribution < 1.29 is 0 Å². The molecule has 1 aliphatic heterocycles. The lowest BCUT2D eigenvalue weighted by atomic mass is 9.99. The lowest BCUT2D eigenvalue weighted by molar-refractivity contribution is 0.454. The minimum Gasteiger partial charge on any atom is -0.355 e. The quantitative estimate of drug-likeness (QED) is 0.744. The van der Waals surface area contributed by atoms with Gasteiger partial charge < -0.3 is 4.90 Å². The van der Waals surface area contributed by atoms with Gasteiger partial charge in [0.1, 0.15) is 5.82 Å². The Bertz CT molecular complexity index is 555. The van der Waals surface area contributed by atoms with E-state index in [2.05, 4.69) is 58.1 Å². The summed E-state index contributed by atoms with van der Waals surface area (Å²) < 4.78 is 0. The molecule has 2 aromatic rings. The summed E-state index contributed by atoms with van der Waals surface area (Å²) in [5, 5.41) is 1.21. The number of piperidine rings is 1. The Balaban J connectivity index is 1.90. The summed E-state index contributed by atoms with van der Waals surface area (Å²) in [5.41, 5.74) is 1.08. The van der Waals surface area contributed by atoms with Gasteiger partial charge in [-0.1, -0.05) is 41.1 Å². The molecular formula is C15H17BrN2. The highest BCUT2D eigenvalue weighted by atomic mass is 79.9. The molecule has 2 nitrogen and oxygen atoms in total. The SMILES string of the molecule is CC1CCN(c2ccc3ccccc3n2)CC1Br. The van der Waals surface area contributed by atoms with Crippen molar-refractivity contribution >= 4 is 32.7 Å². The first kappa shape index (κ1) is 12.0. The summed E-state index contributed by atoms with van der Waals surface area (Å²) in [6, 6.07) is 12.6. The first-order valence-corrected chi connectivity index (χ1v) is 7.40. The number of anilines is 1. The topological polar surface area (TPSA) is 16.1 Å². The molecule has 0 aliphatic carbocycles. The number of pyridine rings is 1. The van der Waals surface area contributed by atoms with Crippen LogP contribution in [0.2, 0.25) is 0 Å². The number of hydrogen-bond donors (Lipinski definition) is 0. The second kappa shape index (κ2) is 4.88. The Kier molecular flexibility index (Phi) is 3.25. The second-order valence-electron chi connectivity index (χ2n) is 5.09. The Morgan fingerprint density at radius 3 is 2.89 bits per heavy atom. The number of para-hydroxylation sites is 1. The minimum absolute atomic E-state index is 0.569. The predicted octanol–water partition coefficient (Wildman–Crippen LogP) is 3.84. The van der Waals surface area contributed by atoms with Gasteiger partial charge in [0.25, 0.3) is 0 Å². The molecule has 18 heavy (non-hydrogen) atoms. The van der Waals surface area contributed by atoms with Crippen molar-refractivity contribution in [3.05, 3.63) is 36.4 Å². The van der Waals surface area contributed by atoms with Crippen LogP contribution in [-0.2, 0) is 0 Å². The standard InChI is InChI=1S/C15H17BrN2/c1-11-8-9-18(10-13(11)16)15-7-6-12-4-2-3-5-14(12)17-15/h2-7,11,13H,8-10H2,1H3. The summed E-state index contributed by atoms with van der Waals surface area (Å²) in [7, 11) is 0. The molecule has 2 unspecified atom stereocenters. The van der Waals surface area contributed by atoms with E-state index in [1.54, 1.807) is 0 Å². The molecular weight excluding hydrogens is 288 g/mol. The molecule has 1 saturated heterocycles. The van der Waals surface area contributed by atoms with Gasteiger partial charge in [-0.05, 0) is 30.5 Å². The second-order valence-corrected chi connectivity index (χ2v) is 6.27. The number of aromatic nitrogens is 1. The average Bonchev–Trinajstić information content (AvgIpc) is 2.41. The zero-order valence-corrected chi connectivity index (χ0v) is 12.1. The van der Waals surface area contributed by atoms with Crippen LogP contribution < -0.4 is 4.90 Å². The molecule has 0 bridgehead atoms. The van der Waals surface area contributed by atoms with E-state index in [4.69, 9.17) is 4.98 Å². The number of benzene rings is 1. The van der Waals surface area contributed by atoms with E-state index in [-0.39, 0.29) is 0 Å².